The summed E-state index contributed by atoms with van der Waals surface area (Å²) in [4.78, 5) is 21.9. The van der Waals surface area contributed by atoms with Gasteiger partial charge in [-0.3, -0.25) is 9.59 Å². The van der Waals surface area contributed by atoms with E-state index >= 15 is 0 Å². The van der Waals surface area contributed by atoms with Crippen LogP contribution in [0.3, 0.4) is 0 Å². The van der Waals surface area contributed by atoms with Crippen LogP contribution in [0, 0.1) is 5.92 Å². The molecular weight excluding hydrogens is 168 g/mol. The fourth-order valence-corrected chi connectivity index (χ4v) is 1.69. The molecule has 0 amide bonds. The Kier molecular flexibility index (Phi) is 3.93. The first kappa shape index (κ1) is 10.2. The standard InChI is InChI=1S/C10H16O3/c1-2-9(11)13-10(12)7-8-5-3-4-6-8/h8H,2-7H2,1H3. The van der Waals surface area contributed by atoms with Crippen LogP contribution in [0.2, 0.25) is 0 Å². The molecule has 1 aliphatic carbocycles. The molecule has 0 heterocycles. The van der Waals surface area contributed by atoms with Crippen LogP contribution < -0.4 is 0 Å². The third-order valence-electron chi connectivity index (χ3n) is 2.45. The van der Waals surface area contributed by atoms with Crippen molar-refractivity contribution < 1.29 is 14.3 Å². The van der Waals surface area contributed by atoms with Crippen LogP contribution in [0.4, 0.5) is 0 Å². The summed E-state index contributed by atoms with van der Waals surface area (Å²) in [5.74, 6) is -0.307. The third kappa shape index (κ3) is 3.57. The van der Waals surface area contributed by atoms with Gasteiger partial charge in [0.1, 0.15) is 0 Å². The van der Waals surface area contributed by atoms with Crippen molar-refractivity contribution in [3.05, 3.63) is 0 Å². The van der Waals surface area contributed by atoms with E-state index in [1.807, 2.05) is 0 Å². The average molecular weight is 184 g/mol. The van der Waals surface area contributed by atoms with E-state index < -0.39 is 5.97 Å². The minimum atomic E-state index is -0.414. The molecule has 0 N–H and O–H groups in total. The van der Waals surface area contributed by atoms with Gasteiger partial charge in [0.15, 0.2) is 0 Å². The van der Waals surface area contributed by atoms with Crippen LogP contribution in [0.25, 0.3) is 0 Å². The summed E-state index contributed by atoms with van der Waals surface area (Å²) in [5, 5.41) is 0. The maximum Gasteiger partial charge on any atom is 0.313 e. The lowest BCUT2D eigenvalue weighted by atomic mass is 10.0. The molecule has 74 valence electrons. The van der Waals surface area contributed by atoms with Crippen LogP contribution >= 0.6 is 0 Å². The summed E-state index contributed by atoms with van der Waals surface area (Å²) in [6, 6.07) is 0. The van der Waals surface area contributed by atoms with Crippen LogP contribution in [0.1, 0.15) is 45.4 Å². The molecule has 1 saturated carbocycles. The first-order valence-corrected chi connectivity index (χ1v) is 4.96. The number of esters is 2. The maximum absolute atomic E-state index is 11.1. The highest BCUT2D eigenvalue weighted by atomic mass is 16.6. The minimum absolute atomic E-state index is 0.274. The van der Waals surface area contributed by atoms with E-state index in [9.17, 15) is 9.59 Å². The zero-order chi connectivity index (χ0) is 9.68. The highest BCUT2D eigenvalue weighted by Gasteiger charge is 2.20. The largest absolute Gasteiger partial charge is 0.393 e. The second-order valence-corrected chi connectivity index (χ2v) is 3.55. The van der Waals surface area contributed by atoms with Gasteiger partial charge in [-0.15, -0.1) is 0 Å². The first-order chi connectivity index (χ1) is 6.22. The van der Waals surface area contributed by atoms with Crippen LogP contribution in [0.5, 0.6) is 0 Å². The lowest BCUT2D eigenvalue weighted by Gasteiger charge is -2.06. The molecule has 0 spiro atoms. The smallest absolute Gasteiger partial charge is 0.313 e. The van der Waals surface area contributed by atoms with Gasteiger partial charge in [0.05, 0.1) is 0 Å². The summed E-state index contributed by atoms with van der Waals surface area (Å²) in [7, 11) is 0. The lowest BCUT2D eigenvalue weighted by Crippen LogP contribution is -2.14. The van der Waals surface area contributed by atoms with Gasteiger partial charge in [0.25, 0.3) is 0 Å². The molecule has 0 aromatic heterocycles. The van der Waals surface area contributed by atoms with Crippen LogP contribution in [0.15, 0.2) is 0 Å². The Labute approximate surface area is 78.5 Å². The van der Waals surface area contributed by atoms with E-state index in [-0.39, 0.29) is 12.4 Å². The Morgan fingerprint density at radius 1 is 1.23 bits per heavy atom. The van der Waals surface area contributed by atoms with Gasteiger partial charge in [0, 0.05) is 12.8 Å². The van der Waals surface area contributed by atoms with Crippen molar-refractivity contribution in [1.29, 1.82) is 0 Å². The Balaban J connectivity index is 2.20. The molecule has 0 aromatic rings. The SMILES string of the molecule is CCC(=O)OC(=O)CC1CCCC1. The van der Waals surface area contributed by atoms with Gasteiger partial charge in [-0.1, -0.05) is 19.8 Å². The summed E-state index contributed by atoms with van der Waals surface area (Å²) < 4.78 is 4.58. The van der Waals surface area contributed by atoms with Crippen molar-refractivity contribution in [1.82, 2.24) is 0 Å². The average Bonchev–Trinajstić information content (AvgIpc) is 2.56. The Bertz CT molecular complexity index is 192. The molecule has 13 heavy (non-hydrogen) atoms. The topological polar surface area (TPSA) is 43.4 Å². The van der Waals surface area contributed by atoms with Gasteiger partial charge in [0.2, 0.25) is 0 Å². The highest BCUT2D eigenvalue weighted by molar-refractivity contribution is 5.85. The first-order valence-electron chi connectivity index (χ1n) is 4.96. The molecule has 0 aliphatic heterocycles. The van der Waals surface area contributed by atoms with Crippen LogP contribution in [-0.4, -0.2) is 11.9 Å². The zero-order valence-electron chi connectivity index (χ0n) is 8.04. The van der Waals surface area contributed by atoms with Crippen molar-refractivity contribution in [2.75, 3.05) is 0 Å². The number of carbonyl (C=O) groups excluding carboxylic acids is 2. The van der Waals surface area contributed by atoms with E-state index in [0.29, 0.717) is 12.3 Å². The molecule has 0 atom stereocenters. The normalized spacial score (nSPS) is 17.3. The Morgan fingerprint density at radius 3 is 2.38 bits per heavy atom. The van der Waals surface area contributed by atoms with E-state index in [4.69, 9.17) is 0 Å². The molecule has 0 radical (unpaired) electrons. The van der Waals surface area contributed by atoms with Crippen molar-refractivity contribution in [3.8, 4) is 0 Å². The summed E-state index contributed by atoms with van der Waals surface area (Å²) >= 11 is 0. The van der Waals surface area contributed by atoms with Crippen molar-refractivity contribution in [2.45, 2.75) is 45.4 Å². The van der Waals surface area contributed by atoms with Crippen molar-refractivity contribution in [3.63, 3.8) is 0 Å². The van der Waals surface area contributed by atoms with E-state index in [2.05, 4.69) is 4.74 Å². The number of ether oxygens (including phenoxy) is 1. The molecule has 0 unspecified atom stereocenters. The van der Waals surface area contributed by atoms with Crippen molar-refractivity contribution >= 4 is 11.9 Å². The lowest BCUT2D eigenvalue weighted by molar-refractivity contribution is -0.160. The second kappa shape index (κ2) is 5.00. The molecule has 1 aliphatic rings. The molecule has 1 fully saturated rings. The molecule has 3 nitrogen and oxygen atoms in total. The second-order valence-electron chi connectivity index (χ2n) is 3.55. The number of rotatable bonds is 3. The van der Waals surface area contributed by atoms with Gasteiger partial charge < -0.3 is 4.74 Å². The van der Waals surface area contributed by atoms with Gasteiger partial charge in [-0.25, -0.2) is 0 Å². The van der Waals surface area contributed by atoms with E-state index in [1.165, 1.54) is 12.8 Å². The fourth-order valence-electron chi connectivity index (χ4n) is 1.69. The van der Waals surface area contributed by atoms with E-state index in [0.717, 1.165) is 12.8 Å². The predicted octanol–water partition coefficient (Wildman–Crippen LogP) is 2.05. The molecule has 3 heteroatoms. The molecule has 0 saturated heterocycles. The number of carbonyl (C=O) groups is 2. The van der Waals surface area contributed by atoms with Crippen LogP contribution in [-0.2, 0) is 14.3 Å². The predicted molar refractivity (Wildman–Crippen MR) is 48.0 cm³/mol. The van der Waals surface area contributed by atoms with Gasteiger partial charge in [-0.05, 0) is 18.8 Å². The van der Waals surface area contributed by atoms with E-state index in [1.54, 1.807) is 6.92 Å². The quantitative estimate of drug-likeness (QED) is 0.498. The Hall–Kier alpha value is -0.860. The third-order valence-corrected chi connectivity index (χ3v) is 2.45. The highest BCUT2D eigenvalue weighted by Crippen LogP contribution is 2.27. The summed E-state index contributed by atoms with van der Waals surface area (Å²) in [6.07, 6.45) is 5.33. The van der Waals surface area contributed by atoms with Crippen molar-refractivity contribution in [2.24, 2.45) is 5.92 Å². The zero-order valence-corrected chi connectivity index (χ0v) is 8.04. The molecular formula is C10H16O3. The number of hydrogen-bond donors (Lipinski definition) is 0. The summed E-state index contributed by atoms with van der Waals surface area (Å²) in [6.45, 7) is 1.69. The van der Waals surface area contributed by atoms with Gasteiger partial charge >= 0.3 is 11.9 Å². The maximum atomic E-state index is 11.1. The number of hydrogen-bond acceptors (Lipinski definition) is 3. The monoisotopic (exact) mass is 184 g/mol. The van der Waals surface area contributed by atoms with Gasteiger partial charge in [-0.2, -0.15) is 0 Å². The molecule has 0 aromatic carbocycles. The fraction of sp³-hybridized carbons (Fsp3) is 0.800. The minimum Gasteiger partial charge on any atom is -0.393 e. The molecule has 1 rings (SSSR count). The summed E-state index contributed by atoms with van der Waals surface area (Å²) in [5.41, 5.74) is 0. The Morgan fingerprint density at radius 2 is 1.85 bits per heavy atom. The molecule has 0 bridgehead atoms.